The first-order valence-corrected chi connectivity index (χ1v) is 13.4. The third kappa shape index (κ3) is 4.90. The number of likely N-dealkylation sites (tertiary alicyclic amines) is 2. The van der Waals surface area contributed by atoms with Gasteiger partial charge in [-0.25, -0.2) is 0 Å². The maximum atomic E-state index is 13.2. The summed E-state index contributed by atoms with van der Waals surface area (Å²) in [6, 6.07) is 11.7. The minimum absolute atomic E-state index is 0.00531. The summed E-state index contributed by atoms with van der Waals surface area (Å²) in [5, 5.41) is 10.6. The quantitative estimate of drug-likeness (QED) is 0.526. The third-order valence-electron chi connectivity index (χ3n) is 8.22. The van der Waals surface area contributed by atoms with Crippen LogP contribution in [0, 0.1) is 12.8 Å². The standard InChI is InChI=1S/C29H34N6O3/c1-19-3-6-27(24(13-19)23-7-10-33(2)15-23)38-18-28(36)34-11-8-21-16-35(17-22(21)9-12-34)29(37)20-4-5-25-26(14-20)31-32-30-25/h3-6,8,13-14,22-23H,7,9-12,15-18H2,1-2H3,(H,30,31,32)/t22-,23?/m1/s1. The van der Waals surface area contributed by atoms with Crippen LogP contribution in [0.3, 0.4) is 0 Å². The Kier molecular flexibility index (Phi) is 6.61. The van der Waals surface area contributed by atoms with Gasteiger partial charge >= 0.3 is 0 Å². The van der Waals surface area contributed by atoms with Gasteiger partial charge in [0.1, 0.15) is 11.3 Å². The summed E-state index contributed by atoms with van der Waals surface area (Å²) in [4.78, 5) is 32.4. The molecule has 6 rings (SSSR count). The number of hydrogen-bond donors (Lipinski definition) is 1. The number of hydrogen-bond acceptors (Lipinski definition) is 6. The number of ether oxygens (including phenoxy) is 1. The number of H-pyrrole nitrogens is 1. The van der Waals surface area contributed by atoms with Gasteiger partial charge < -0.3 is 19.4 Å². The Hall–Kier alpha value is -3.72. The largest absolute Gasteiger partial charge is 0.483 e. The van der Waals surface area contributed by atoms with E-state index in [0.717, 1.165) is 37.2 Å². The van der Waals surface area contributed by atoms with E-state index in [0.29, 0.717) is 43.2 Å². The number of benzene rings is 2. The number of carbonyl (C=O) groups excluding carboxylic acids is 2. The predicted octanol–water partition coefficient (Wildman–Crippen LogP) is 3.00. The molecule has 0 spiro atoms. The zero-order valence-corrected chi connectivity index (χ0v) is 22.0. The molecule has 2 atom stereocenters. The highest BCUT2D eigenvalue weighted by atomic mass is 16.5. The van der Waals surface area contributed by atoms with Gasteiger partial charge in [-0.3, -0.25) is 14.7 Å². The summed E-state index contributed by atoms with van der Waals surface area (Å²) in [5.41, 5.74) is 5.79. The van der Waals surface area contributed by atoms with Crippen molar-refractivity contribution in [3.8, 4) is 5.75 Å². The van der Waals surface area contributed by atoms with Crippen LogP contribution in [0.1, 0.15) is 40.2 Å². The molecule has 2 aromatic carbocycles. The normalized spacial score (nSPS) is 21.9. The summed E-state index contributed by atoms with van der Waals surface area (Å²) >= 11 is 0. The van der Waals surface area contributed by atoms with E-state index in [1.165, 1.54) is 16.7 Å². The van der Waals surface area contributed by atoms with E-state index in [-0.39, 0.29) is 24.3 Å². The molecule has 3 aliphatic rings. The van der Waals surface area contributed by atoms with E-state index < -0.39 is 0 Å². The third-order valence-corrected chi connectivity index (χ3v) is 8.22. The summed E-state index contributed by atoms with van der Waals surface area (Å²) in [6.07, 6.45) is 4.09. The van der Waals surface area contributed by atoms with Crippen molar-refractivity contribution in [2.75, 3.05) is 52.9 Å². The van der Waals surface area contributed by atoms with Gasteiger partial charge in [0, 0.05) is 50.1 Å². The number of rotatable bonds is 5. The minimum Gasteiger partial charge on any atom is -0.483 e. The van der Waals surface area contributed by atoms with E-state index in [2.05, 4.69) is 52.5 Å². The highest BCUT2D eigenvalue weighted by Crippen LogP contribution is 2.34. The second-order valence-corrected chi connectivity index (χ2v) is 10.9. The molecule has 1 N–H and O–H groups in total. The van der Waals surface area contributed by atoms with Crippen molar-refractivity contribution in [3.05, 3.63) is 64.7 Å². The van der Waals surface area contributed by atoms with Gasteiger partial charge in [0.2, 0.25) is 0 Å². The van der Waals surface area contributed by atoms with Gasteiger partial charge in [-0.1, -0.05) is 29.0 Å². The number of aromatic nitrogens is 3. The molecule has 0 bridgehead atoms. The molecule has 9 heteroatoms. The highest BCUT2D eigenvalue weighted by Gasteiger charge is 2.33. The molecule has 0 aliphatic carbocycles. The van der Waals surface area contributed by atoms with Crippen LogP contribution in [0.4, 0.5) is 0 Å². The van der Waals surface area contributed by atoms with Crippen molar-refractivity contribution < 1.29 is 14.3 Å². The number of nitrogens with one attached hydrogen (secondary N) is 1. The summed E-state index contributed by atoms with van der Waals surface area (Å²) in [5.74, 6) is 1.55. The SMILES string of the molecule is Cc1ccc(OCC(=O)N2CC=C3CN(C(=O)c4ccc5[nH]nnc5c4)C[C@H]3CC2)c(C2CCN(C)C2)c1. The maximum absolute atomic E-state index is 13.2. The Bertz CT molecular complexity index is 1400. The number of nitrogens with zero attached hydrogens (tertiary/aromatic N) is 5. The van der Waals surface area contributed by atoms with Crippen molar-refractivity contribution in [3.63, 3.8) is 0 Å². The Morgan fingerprint density at radius 1 is 1.05 bits per heavy atom. The summed E-state index contributed by atoms with van der Waals surface area (Å²) in [7, 11) is 2.15. The molecule has 2 amide bonds. The Morgan fingerprint density at radius 3 is 2.76 bits per heavy atom. The van der Waals surface area contributed by atoms with E-state index >= 15 is 0 Å². The monoisotopic (exact) mass is 514 g/mol. The van der Waals surface area contributed by atoms with Gasteiger partial charge in [0.05, 0.1) is 5.52 Å². The molecule has 1 unspecified atom stereocenters. The van der Waals surface area contributed by atoms with Crippen molar-refractivity contribution in [1.82, 2.24) is 30.1 Å². The molecule has 0 radical (unpaired) electrons. The van der Waals surface area contributed by atoms with Crippen LogP contribution >= 0.6 is 0 Å². The van der Waals surface area contributed by atoms with Crippen molar-refractivity contribution >= 4 is 22.8 Å². The molecule has 1 aromatic heterocycles. The molecule has 2 fully saturated rings. The van der Waals surface area contributed by atoms with Crippen LogP contribution in [-0.2, 0) is 4.79 Å². The molecule has 2 saturated heterocycles. The lowest BCUT2D eigenvalue weighted by molar-refractivity contribution is -0.132. The van der Waals surface area contributed by atoms with Crippen molar-refractivity contribution in [2.45, 2.75) is 25.7 Å². The summed E-state index contributed by atoms with van der Waals surface area (Å²) in [6.45, 7) is 6.72. The van der Waals surface area contributed by atoms with Crippen LogP contribution in [0.5, 0.6) is 5.75 Å². The van der Waals surface area contributed by atoms with E-state index in [4.69, 9.17) is 4.74 Å². The Morgan fingerprint density at radius 2 is 1.92 bits per heavy atom. The second-order valence-electron chi connectivity index (χ2n) is 10.9. The maximum Gasteiger partial charge on any atom is 0.260 e. The number of aryl methyl sites for hydroxylation is 1. The number of likely N-dealkylation sites (N-methyl/N-ethyl adjacent to an activating group) is 1. The molecule has 3 aliphatic heterocycles. The molecule has 3 aromatic rings. The molecular formula is C29H34N6O3. The minimum atomic E-state index is 0.00531. The molecule has 0 saturated carbocycles. The smallest absolute Gasteiger partial charge is 0.260 e. The fourth-order valence-electron chi connectivity index (χ4n) is 6.01. The van der Waals surface area contributed by atoms with Gasteiger partial charge in [-0.15, -0.1) is 5.10 Å². The lowest BCUT2D eigenvalue weighted by Crippen LogP contribution is -2.36. The zero-order chi connectivity index (χ0) is 26.2. The lowest BCUT2D eigenvalue weighted by Gasteiger charge is -2.23. The molecule has 38 heavy (non-hydrogen) atoms. The average Bonchev–Trinajstić information content (AvgIpc) is 3.64. The Labute approximate surface area is 222 Å². The molecule has 198 valence electrons. The van der Waals surface area contributed by atoms with Gasteiger partial charge in [0.25, 0.3) is 11.8 Å². The number of aromatic amines is 1. The number of carbonyl (C=O) groups is 2. The van der Waals surface area contributed by atoms with Crippen molar-refractivity contribution in [2.24, 2.45) is 5.92 Å². The van der Waals surface area contributed by atoms with E-state index in [9.17, 15) is 9.59 Å². The van der Waals surface area contributed by atoms with Crippen LogP contribution in [-0.4, -0.2) is 94.8 Å². The lowest BCUT2D eigenvalue weighted by atomic mass is 9.96. The average molecular weight is 515 g/mol. The highest BCUT2D eigenvalue weighted by molar-refractivity contribution is 5.97. The first-order chi connectivity index (χ1) is 18.4. The van der Waals surface area contributed by atoms with Gasteiger partial charge in [0.15, 0.2) is 6.61 Å². The predicted molar refractivity (Wildman–Crippen MR) is 144 cm³/mol. The van der Waals surface area contributed by atoms with Crippen LogP contribution in [0.2, 0.25) is 0 Å². The van der Waals surface area contributed by atoms with Gasteiger partial charge in [-0.05, 0) is 68.8 Å². The molecule has 4 heterocycles. The molecular weight excluding hydrogens is 480 g/mol. The number of fused-ring (bicyclic) bond motifs is 2. The zero-order valence-electron chi connectivity index (χ0n) is 22.0. The fraction of sp³-hybridized carbons (Fsp3) is 0.448. The molecule has 9 nitrogen and oxygen atoms in total. The fourth-order valence-corrected chi connectivity index (χ4v) is 6.01. The van der Waals surface area contributed by atoms with Crippen LogP contribution in [0.15, 0.2) is 48.0 Å². The van der Waals surface area contributed by atoms with Crippen LogP contribution < -0.4 is 4.74 Å². The summed E-state index contributed by atoms with van der Waals surface area (Å²) < 4.78 is 6.12. The van der Waals surface area contributed by atoms with Crippen LogP contribution in [0.25, 0.3) is 11.0 Å². The van der Waals surface area contributed by atoms with E-state index in [1.54, 1.807) is 6.07 Å². The topological polar surface area (TPSA) is 94.7 Å². The van der Waals surface area contributed by atoms with E-state index in [1.807, 2.05) is 28.0 Å². The first kappa shape index (κ1) is 24.6. The number of amides is 2. The Balaban J connectivity index is 1.07. The second kappa shape index (κ2) is 10.2. The van der Waals surface area contributed by atoms with Crippen molar-refractivity contribution in [1.29, 1.82) is 0 Å². The van der Waals surface area contributed by atoms with Gasteiger partial charge in [-0.2, -0.15) is 0 Å². The first-order valence-electron chi connectivity index (χ1n) is 13.4.